The van der Waals surface area contributed by atoms with E-state index >= 15 is 0 Å². The van der Waals surface area contributed by atoms with Gasteiger partial charge in [0.15, 0.2) is 0 Å². The van der Waals surface area contributed by atoms with Crippen LogP contribution in [0.25, 0.3) is 5.69 Å². The molecule has 1 aliphatic heterocycles. The lowest BCUT2D eigenvalue weighted by Gasteiger charge is -2.41. The Labute approximate surface area is 219 Å². The van der Waals surface area contributed by atoms with Crippen molar-refractivity contribution in [3.63, 3.8) is 0 Å². The molecule has 5 rings (SSSR count). The Balaban J connectivity index is 1.20. The summed E-state index contributed by atoms with van der Waals surface area (Å²) in [5.41, 5.74) is 3.38. The predicted molar refractivity (Wildman–Crippen MR) is 144 cm³/mol. The number of nitrogens with one attached hydrogen (secondary N) is 2. The molecule has 0 unspecified atom stereocenters. The van der Waals surface area contributed by atoms with Gasteiger partial charge in [-0.05, 0) is 60.7 Å². The van der Waals surface area contributed by atoms with Gasteiger partial charge in [-0.3, -0.25) is 0 Å². The normalized spacial score (nSPS) is 13.0. The van der Waals surface area contributed by atoms with Crippen molar-refractivity contribution < 1.29 is 19.1 Å². The molecule has 2 amide bonds. The minimum Gasteiger partial charge on any atom is -0.487 e. The van der Waals surface area contributed by atoms with Gasteiger partial charge in [-0.2, -0.15) is 0 Å². The number of rotatable bonds is 7. The number of carbonyl (C=O) groups excluding carboxylic acids is 2. The topological polar surface area (TPSA) is 84.8 Å². The highest BCUT2D eigenvalue weighted by Crippen LogP contribution is 2.33. The summed E-state index contributed by atoms with van der Waals surface area (Å²) < 4.78 is 13.0. The van der Waals surface area contributed by atoms with Gasteiger partial charge >= 0.3 is 12.0 Å². The van der Waals surface area contributed by atoms with Gasteiger partial charge in [0, 0.05) is 18.1 Å². The van der Waals surface area contributed by atoms with Crippen LogP contribution in [0.4, 0.5) is 21.9 Å². The number of carbonyl (C=O) groups is 2. The first-order valence-corrected chi connectivity index (χ1v) is 12.1. The number of urea groups is 1. The van der Waals surface area contributed by atoms with Gasteiger partial charge in [-0.25, -0.2) is 9.59 Å². The maximum Gasteiger partial charge on any atom is 0.340 e. The maximum absolute atomic E-state index is 12.4. The van der Waals surface area contributed by atoms with E-state index in [9.17, 15) is 9.59 Å². The van der Waals surface area contributed by atoms with Gasteiger partial charge in [-0.1, -0.05) is 29.8 Å². The van der Waals surface area contributed by atoms with E-state index in [-0.39, 0.29) is 18.1 Å². The molecule has 0 spiro atoms. The van der Waals surface area contributed by atoms with Crippen molar-refractivity contribution in [1.82, 2.24) is 4.57 Å². The van der Waals surface area contributed by atoms with E-state index in [0.717, 1.165) is 11.4 Å². The first-order chi connectivity index (χ1) is 18.0. The number of para-hydroxylation sites is 2. The molecule has 188 valence electrons. The van der Waals surface area contributed by atoms with Gasteiger partial charge in [0.05, 0.1) is 47.8 Å². The van der Waals surface area contributed by atoms with E-state index < -0.39 is 0 Å². The lowest BCUT2D eigenvalue weighted by molar-refractivity contribution is 0.0600. The summed E-state index contributed by atoms with van der Waals surface area (Å²) in [7, 11) is 1.38. The van der Waals surface area contributed by atoms with E-state index in [1.807, 2.05) is 53.4 Å². The Morgan fingerprint density at radius 2 is 1.62 bits per heavy atom. The molecule has 0 bridgehead atoms. The van der Waals surface area contributed by atoms with E-state index in [4.69, 9.17) is 21.1 Å². The molecule has 3 aromatic carbocycles. The molecule has 2 heterocycles. The van der Waals surface area contributed by atoms with Crippen molar-refractivity contribution in [2.45, 2.75) is 6.10 Å². The Hall–Kier alpha value is -4.43. The zero-order chi connectivity index (χ0) is 25.8. The fourth-order valence-electron chi connectivity index (χ4n) is 4.18. The molecule has 2 N–H and O–H groups in total. The predicted octanol–water partition coefficient (Wildman–Crippen LogP) is 5.83. The monoisotopic (exact) mass is 516 g/mol. The molecule has 0 saturated carbocycles. The Kier molecular flexibility index (Phi) is 7.00. The standard InChI is InChI=1S/C28H25ClN4O4/c1-36-27(34)22-7-6-10-25(26(22)32-15-4-5-16-32)33-17-21(18-33)37-20-13-11-19(12-14-20)30-28(35)31-24-9-3-2-8-23(24)29/h2-16,21H,17-18H2,1H3,(H2,30,31,35). The molecule has 1 fully saturated rings. The second kappa shape index (κ2) is 10.7. The van der Waals surface area contributed by atoms with Crippen LogP contribution in [0.3, 0.4) is 0 Å². The third-order valence-electron chi connectivity index (χ3n) is 6.01. The number of amides is 2. The van der Waals surface area contributed by atoms with E-state index in [1.54, 1.807) is 42.5 Å². The highest BCUT2D eigenvalue weighted by Gasteiger charge is 2.32. The summed E-state index contributed by atoms with van der Waals surface area (Å²) in [6, 6.07) is 23.3. The molecule has 37 heavy (non-hydrogen) atoms. The lowest BCUT2D eigenvalue weighted by atomic mass is 10.1. The quantitative estimate of drug-likeness (QED) is 0.302. The number of hydrogen-bond donors (Lipinski definition) is 2. The van der Waals surface area contributed by atoms with Crippen molar-refractivity contribution in [1.29, 1.82) is 0 Å². The SMILES string of the molecule is COC(=O)c1cccc(N2CC(Oc3ccc(NC(=O)Nc4ccccc4Cl)cc3)C2)c1-n1cccc1. The van der Waals surface area contributed by atoms with Crippen LogP contribution in [0.5, 0.6) is 5.75 Å². The van der Waals surface area contributed by atoms with Crippen molar-refractivity contribution in [2.75, 3.05) is 35.7 Å². The van der Waals surface area contributed by atoms with Gasteiger partial charge in [0.2, 0.25) is 0 Å². The highest BCUT2D eigenvalue weighted by atomic mass is 35.5. The minimum atomic E-state index is -0.385. The molecular weight excluding hydrogens is 492 g/mol. The van der Waals surface area contributed by atoms with Crippen molar-refractivity contribution >= 4 is 40.7 Å². The number of ether oxygens (including phenoxy) is 2. The van der Waals surface area contributed by atoms with Gasteiger partial charge < -0.3 is 29.6 Å². The average Bonchev–Trinajstić information content (AvgIpc) is 3.42. The Morgan fingerprint density at radius 3 is 2.32 bits per heavy atom. The molecule has 1 aliphatic rings. The third-order valence-corrected chi connectivity index (χ3v) is 6.34. The summed E-state index contributed by atoms with van der Waals surface area (Å²) >= 11 is 6.09. The average molecular weight is 517 g/mol. The largest absolute Gasteiger partial charge is 0.487 e. The molecule has 1 saturated heterocycles. The van der Waals surface area contributed by atoms with Crippen molar-refractivity contribution in [3.05, 3.63) is 102 Å². The summed E-state index contributed by atoms with van der Waals surface area (Å²) in [5, 5.41) is 5.97. The second-order valence-electron chi connectivity index (χ2n) is 8.48. The van der Waals surface area contributed by atoms with Gasteiger partial charge in [0.1, 0.15) is 11.9 Å². The first-order valence-electron chi connectivity index (χ1n) is 11.7. The summed E-state index contributed by atoms with van der Waals surface area (Å²) in [4.78, 5) is 26.8. The Bertz CT molecular complexity index is 1400. The molecular formula is C28H25ClN4O4. The van der Waals surface area contributed by atoms with E-state index in [0.29, 0.717) is 40.8 Å². The second-order valence-corrected chi connectivity index (χ2v) is 8.89. The third kappa shape index (κ3) is 5.39. The van der Waals surface area contributed by atoms with Crippen LogP contribution in [0.1, 0.15) is 10.4 Å². The number of hydrogen-bond acceptors (Lipinski definition) is 5. The maximum atomic E-state index is 12.4. The fraction of sp³-hybridized carbons (Fsp3) is 0.143. The first kappa shape index (κ1) is 24.3. The Morgan fingerprint density at radius 1 is 0.892 bits per heavy atom. The summed E-state index contributed by atoms with van der Waals surface area (Å²) in [6.07, 6.45) is 3.80. The number of esters is 1. The van der Waals surface area contributed by atoms with Crippen LogP contribution in [0, 0.1) is 0 Å². The van der Waals surface area contributed by atoms with Crippen molar-refractivity contribution in [3.8, 4) is 11.4 Å². The van der Waals surface area contributed by atoms with Crippen LogP contribution in [0.15, 0.2) is 91.3 Å². The number of halogens is 1. The van der Waals surface area contributed by atoms with Gasteiger partial charge in [-0.15, -0.1) is 0 Å². The zero-order valence-electron chi connectivity index (χ0n) is 20.1. The van der Waals surface area contributed by atoms with Gasteiger partial charge in [0.25, 0.3) is 0 Å². The van der Waals surface area contributed by atoms with Crippen LogP contribution in [-0.4, -0.2) is 42.9 Å². The van der Waals surface area contributed by atoms with E-state index in [1.165, 1.54) is 7.11 Å². The lowest BCUT2D eigenvalue weighted by Crippen LogP contribution is -2.54. The fourth-order valence-corrected chi connectivity index (χ4v) is 4.37. The molecule has 1 aromatic heterocycles. The molecule has 0 radical (unpaired) electrons. The molecule has 8 nitrogen and oxygen atoms in total. The number of nitrogens with zero attached hydrogens (tertiary/aromatic N) is 2. The minimum absolute atomic E-state index is 0.0124. The van der Waals surface area contributed by atoms with Crippen molar-refractivity contribution in [2.24, 2.45) is 0 Å². The highest BCUT2D eigenvalue weighted by molar-refractivity contribution is 6.33. The molecule has 0 atom stereocenters. The summed E-state index contributed by atoms with van der Waals surface area (Å²) in [5.74, 6) is 0.323. The van der Waals surface area contributed by atoms with Crippen LogP contribution in [0.2, 0.25) is 5.02 Å². The number of aromatic nitrogens is 1. The van der Waals surface area contributed by atoms with E-state index in [2.05, 4.69) is 15.5 Å². The molecule has 9 heteroatoms. The molecule has 4 aromatic rings. The number of methoxy groups -OCH3 is 1. The molecule has 0 aliphatic carbocycles. The number of benzene rings is 3. The van der Waals surface area contributed by atoms with Crippen LogP contribution >= 0.6 is 11.6 Å². The smallest absolute Gasteiger partial charge is 0.340 e. The van der Waals surface area contributed by atoms with Crippen LogP contribution < -0.4 is 20.3 Å². The number of anilines is 3. The van der Waals surface area contributed by atoms with Crippen LogP contribution in [-0.2, 0) is 4.74 Å². The summed E-state index contributed by atoms with van der Waals surface area (Å²) in [6.45, 7) is 1.33. The zero-order valence-corrected chi connectivity index (χ0v) is 20.8.